The summed E-state index contributed by atoms with van der Waals surface area (Å²) in [5, 5.41) is 44.0. The van der Waals surface area contributed by atoms with Gasteiger partial charge in [-0.15, -0.1) is 0 Å². The first-order valence-electron chi connectivity index (χ1n) is 13.3. The van der Waals surface area contributed by atoms with Crippen LogP contribution in [0, 0.1) is 34.0 Å². The van der Waals surface area contributed by atoms with Crippen LogP contribution in [0.5, 0.6) is 0 Å². The van der Waals surface area contributed by atoms with Crippen LogP contribution in [-0.2, 0) is 0 Å². The van der Waals surface area contributed by atoms with Crippen LogP contribution in [0.3, 0.4) is 0 Å². The van der Waals surface area contributed by atoms with Crippen LogP contribution in [0.15, 0.2) is 35.9 Å². The number of allylic oxidation sites excluding steroid dienone is 2. The zero-order valence-electron chi connectivity index (χ0n) is 21.6. The van der Waals surface area contributed by atoms with Gasteiger partial charge in [0, 0.05) is 11.3 Å². The van der Waals surface area contributed by atoms with Crippen molar-refractivity contribution in [2.24, 2.45) is 22.7 Å². The highest BCUT2D eigenvalue weighted by molar-refractivity contribution is 5.91. The minimum absolute atomic E-state index is 0.0159. The molecule has 0 aliphatic heterocycles. The van der Waals surface area contributed by atoms with Crippen molar-refractivity contribution in [3.05, 3.63) is 41.5 Å². The van der Waals surface area contributed by atoms with Crippen molar-refractivity contribution in [3.63, 3.8) is 0 Å². The number of aliphatic hydroxyl groups is 2. The number of aliphatic hydroxyl groups excluding tert-OH is 1. The maximum atomic E-state index is 12.4. The predicted octanol–water partition coefficient (Wildman–Crippen LogP) is 4.31. The molecule has 4 aliphatic carbocycles. The molecule has 1 heterocycles. The van der Waals surface area contributed by atoms with Gasteiger partial charge >= 0.3 is 0 Å². The van der Waals surface area contributed by atoms with Crippen LogP contribution < -0.4 is 11.1 Å². The number of fused-ring (bicyclic) bond motifs is 5. The predicted molar refractivity (Wildman–Crippen MR) is 143 cm³/mol. The first-order chi connectivity index (χ1) is 17.2. The van der Waals surface area contributed by atoms with Crippen molar-refractivity contribution in [2.45, 2.75) is 70.0 Å². The quantitative estimate of drug-likeness (QED) is 0.380. The normalized spacial score (nSPS) is 37.3. The number of aromatic nitrogens is 2. The van der Waals surface area contributed by atoms with E-state index < -0.39 is 11.0 Å². The molecule has 6 atom stereocenters. The van der Waals surface area contributed by atoms with Crippen LogP contribution in [0.2, 0.25) is 0 Å². The number of rotatable bonds is 1. The number of H-pyrrole nitrogens is 1. The summed E-state index contributed by atoms with van der Waals surface area (Å²) in [6, 6.07) is 8.84. The Bertz CT molecular complexity index is 1260. The lowest BCUT2D eigenvalue weighted by Gasteiger charge is -2.56. The van der Waals surface area contributed by atoms with Crippen molar-refractivity contribution in [1.29, 1.82) is 5.26 Å². The molecule has 0 bridgehead atoms. The lowest BCUT2D eigenvalue weighted by Crippen LogP contribution is -2.59. The average molecular weight is 490 g/mol. The standard InChI is InChI=1S/C27H32N4O2.C2H7N/c1-25-10-11-26(15-28)14-18-12-19(32)4-2-16(18)8-9-27(26,33)23(25)7-6-21(25)17-3-5-20-22(13-17)30-31-24(20)29;1-3-2/h3,5-6,13-14,16,19,23,32-33H,2,4,7-12H2,1H3,(H3,29,30,31);3H,1-2H3/t16?,19?,23?,25?,26?,27-;/m0./s1. The third kappa shape index (κ3) is 3.61. The molecule has 1 aromatic heterocycles. The molecule has 1 aromatic carbocycles. The number of benzene rings is 1. The lowest BCUT2D eigenvalue weighted by molar-refractivity contribution is -0.143. The van der Waals surface area contributed by atoms with Gasteiger partial charge in [0.2, 0.25) is 0 Å². The van der Waals surface area contributed by atoms with Gasteiger partial charge in [-0.25, -0.2) is 0 Å². The molecule has 0 radical (unpaired) electrons. The third-order valence-corrected chi connectivity index (χ3v) is 9.58. The third-order valence-electron chi connectivity index (χ3n) is 9.58. The Morgan fingerprint density at radius 3 is 2.72 bits per heavy atom. The second-order valence-corrected chi connectivity index (χ2v) is 11.6. The van der Waals surface area contributed by atoms with Gasteiger partial charge in [0.25, 0.3) is 0 Å². The Hall–Kier alpha value is -2.66. The van der Waals surface area contributed by atoms with Crippen molar-refractivity contribution < 1.29 is 10.2 Å². The molecule has 2 aromatic rings. The SMILES string of the molecule is CC12CCC3(C#N)C=C4CC(O)CCC4CC[C@]3(O)C1CC=C2c1ccc2c(N)n[nH]c2c1.CNC. The molecule has 7 heteroatoms. The van der Waals surface area contributed by atoms with Gasteiger partial charge in [0.05, 0.1) is 23.3 Å². The van der Waals surface area contributed by atoms with Crippen molar-refractivity contribution in [1.82, 2.24) is 15.5 Å². The fourth-order valence-electron chi connectivity index (χ4n) is 7.70. The minimum atomic E-state index is -1.08. The van der Waals surface area contributed by atoms with Crippen LogP contribution in [0.4, 0.5) is 5.82 Å². The van der Waals surface area contributed by atoms with E-state index in [0.29, 0.717) is 31.0 Å². The average Bonchev–Trinajstić information content (AvgIpc) is 3.37. The highest BCUT2D eigenvalue weighted by Crippen LogP contribution is 2.66. The molecule has 7 nitrogen and oxygen atoms in total. The summed E-state index contributed by atoms with van der Waals surface area (Å²) in [6.45, 7) is 2.27. The Balaban J connectivity index is 0.000000848. The van der Waals surface area contributed by atoms with Gasteiger partial charge < -0.3 is 21.3 Å². The smallest absolute Gasteiger partial charge is 0.153 e. The second kappa shape index (κ2) is 9.02. The maximum Gasteiger partial charge on any atom is 0.153 e. The molecule has 2 saturated carbocycles. The van der Waals surface area contributed by atoms with E-state index in [-0.39, 0.29) is 17.4 Å². The van der Waals surface area contributed by atoms with E-state index in [1.807, 2.05) is 20.2 Å². The number of nitrogens with one attached hydrogen (secondary N) is 2. The Labute approximate surface area is 213 Å². The molecule has 36 heavy (non-hydrogen) atoms. The first kappa shape index (κ1) is 25.0. The molecule has 2 fully saturated rings. The van der Waals surface area contributed by atoms with Crippen LogP contribution in [0.25, 0.3) is 16.5 Å². The molecule has 192 valence electrons. The summed E-state index contributed by atoms with van der Waals surface area (Å²) in [6.07, 6.45) is 10.2. The number of nitrogens with zero attached hydrogens (tertiary/aromatic N) is 2. The number of nitrogen functional groups attached to an aromatic ring is 1. The number of hydrogen-bond acceptors (Lipinski definition) is 6. The molecule has 5 unspecified atom stereocenters. The van der Waals surface area contributed by atoms with Crippen molar-refractivity contribution >= 4 is 22.3 Å². The van der Waals surface area contributed by atoms with Gasteiger partial charge in [0.15, 0.2) is 5.82 Å². The largest absolute Gasteiger partial charge is 0.393 e. The van der Waals surface area contributed by atoms with E-state index >= 15 is 0 Å². The van der Waals surface area contributed by atoms with E-state index in [4.69, 9.17) is 5.73 Å². The molecule has 0 amide bonds. The van der Waals surface area contributed by atoms with E-state index in [9.17, 15) is 15.5 Å². The van der Waals surface area contributed by atoms with E-state index in [1.165, 1.54) is 11.1 Å². The molecule has 6 rings (SSSR count). The first-order valence-corrected chi connectivity index (χ1v) is 13.3. The zero-order valence-corrected chi connectivity index (χ0v) is 21.6. The molecular formula is C29H39N5O2. The van der Waals surface area contributed by atoms with Gasteiger partial charge in [-0.2, -0.15) is 10.4 Å². The summed E-state index contributed by atoms with van der Waals surface area (Å²) in [5.41, 5.74) is 8.30. The fraction of sp³-hybridized carbons (Fsp3) is 0.586. The molecule has 0 spiro atoms. The molecule has 4 aliphatic rings. The van der Waals surface area contributed by atoms with Crippen molar-refractivity contribution in [2.75, 3.05) is 19.8 Å². The molecule has 0 saturated heterocycles. The number of aromatic amines is 1. The summed E-state index contributed by atoms with van der Waals surface area (Å²) < 4.78 is 0. The maximum absolute atomic E-state index is 12.4. The highest BCUT2D eigenvalue weighted by atomic mass is 16.3. The summed E-state index contributed by atoms with van der Waals surface area (Å²) in [4.78, 5) is 0. The van der Waals surface area contributed by atoms with E-state index in [1.54, 1.807) is 0 Å². The van der Waals surface area contributed by atoms with Gasteiger partial charge in [-0.1, -0.05) is 30.7 Å². The van der Waals surface area contributed by atoms with Gasteiger partial charge in [-0.05, 0) is 100 Å². The van der Waals surface area contributed by atoms with Gasteiger partial charge in [-0.3, -0.25) is 5.10 Å². The van der Waals surface area contributed by atoms with E-state index in [0.717, 1.165) is 48.6 Å². The summed E-state index contributed by atoms with van der Waals surface area (Å²) in [5.74, 6) is 0.865. The fourth-order valence-corrected chi connectivity index (χ4v) is 7.70. The van der Waals surface area contributed by atoms with Crippen LogP contribution in [-0.4, -0.2) is 46.2 Å². The molecular weight excluding hydrogens is 450 g/mol. The molecule has 6 N–H and O–H groups in total. The van der Waals surface area contributed by atoms with Crippen LogP contribution >= 0.6 is 0 Å². The zero-order chi connectivity index (χ0) is 25.7. The topological polar surface area (TPSA) is 131 Å². The Kier molecular flexibility index (Phi) is 6.27. The second-order valence-electron chi connectivity index (χ2n) is 11.6. The summed E-state index contributed by atoms with van der Waals surface area (Å²) in [7, 11) is 3.75. The number of anilines is 1. The Morgan fingerprint density at radius 1 is 1.19 bits per heavy atom. The number of nitrogens with two attached hydrogens (primary N) is 1. The Morgan fingerprint density at radius 2 is 1.97 bits per heavy atom. The number of hydrogen-bond donors (Lipinski definition) is 5. The highest BCUT2D eigenvalue weighted by Gasteiger charge is 2.65. The minimum Gasteiger partial charge on any atom is -0.393 e. The number of nitriles is 1. The monoisotopic (exact) mass is 489 g/mol. The summed E-state index contributed by atoms with van der Waals surface area (Å²) >= 11 is 0. The van der Waals surface area contributed by atoms with Crippen molar-refractivity contribution in [3.8, 4) is 6.07 Å². The lowest BCUT2D eigenvalue weighted by atomic mass is 9.49. The van der Waals surface area contributed by atoms with E-state index in [2.05, 4.69) is 52.8 Å². The van der Waals surface area contributed by atoms with Crippen LogP contribution in [0.1, 0.15) is 63.9 Å². The van der Waals surface area contributed by atoms with Gasteiger partial charge in [0.1, 0.15) is 5.41 Å².